The lowest BCUT2D eigenvalue weighted by Gasteiger charge is -1.87. The van der Waals surface area contributed by atoms with Crippen LogP contribution in [0, 0.1) is 6.92 Å². The van der Waals surface area contributed by atoms with Gasteiger partial charge in [0, 0.05) is 5.56 Å². The van der Waals surface area contributed by atoms with E-state index >= 15 is 0 Å². The highest BCUT2D eigenvalue weighted by molar-refractivity contribution is 5.60. The lowest BCUT2D eigenvalue weighted by atomic mass is 10.3. The standard InChI is InChI=1S/C6H7N5O/c1-3-4-6(12)8-2-9-11(4)10-5(3)7/h2H,1H3,(H2,7,10)(H,8,9,12). The molecular weight excluding hydrogens is 158 g/mol. The van der Waals surface area contributed by atoms with E-state index in [0.717, 1.165) is 0 Å². The summed E-state index contributed by atoms with van der Waals surface area (Å²) in [7, 11) is 0. The largest absolute Gasteiger partial charge is 0.382 e. The molecule has 0 unspecified atom stereocenters. The fraction of sp³-hybridized carbons (Fsp3) is 0.167. The molecule has 6 heteroatoms. The first-order valence-electron chi connectivity index (χ1n) is 3.39. The minimum Gasteiger partial charge on any atom is -0.382 e. The average molecular weight is 165 g/mol. The van der Waals surface area contributed by atoms with Crippen LogP contribution in [0.4, 0.5) is 5.82 Å². The summed E-state index contributed by atoms with van der Waals surface area (Å²) >= 11 is 0. The molecule has 62 valence electrons. The Morgan fingerprint density at radius 1 is 1.67 bits per heavy atom. The maximum Gasteiger partial charge on any atom is 0.277 e. The van der Waals surface area contributed by atoms with Crippen molar-refractivity contribution >= 4 is 11.3 Å². The van der Waals surface area contributed by atoms with Crippen molar-refractivity contribution in [1.82, 2.24) is 19.8 Å². The molecule has 0 saturated heterocycles. The highest BCUT2D eigenvalue weighted by Crippen LogP contribution is 2.09. The third-order valence-corrected chi connectivity index (χ3v) is 1.72. The van der Waals surface area contributed by atoms with E-state index in [0.29, 0.717) is 16.9 Å². The second-order valence-corrected chi connectivity index (χ2v) is 2.47. The fourth-order valence-electron chi connectivity index (χ4n) is 1.05. The fourth-order valence-corrected chi connectivity index (χ4v) is 1.05. The monoisotopic (exact) mass is 165 g/mol. The zero-order chi connectivity index (χ0) is 8.72. The Balaban J connectivity index is 3.07. The Morgan fingerprint density at radius 2 is 2.42 bits per heavy atom. The van der Waals surface area contributed by atoms with E-state index in [1.165, 1.54) is 11.0 Å². The van der Waals surface area contributed by atoms with Gasteiger partial charge in [-0.05, 0) is 6.92 Å². The van der Waals surface area contributed by atoms with Crippen molar-refractivity contribution in [3.05, 3.63) is 22.2 Å². The normalized spacial score (nSPS) is 10.8. The highest BCUT2D eigenvalue weighted by Gasteiger charge is 2.08. The Bertz CT molecular complexity index is 482. The predicted octanol–water partition coefficient (Wildman–Crippen LogP) is -0.692. The molecule has 0 atom stereocenters. The van der Waals surface area contributed by atoms with Gasteiger partial charge >= 0.3 is 0 Å². The smallest absolute Gasteiger partial charge is 0.277 e. The molecule has 2 heterocycles. The van der Waals surface area contributed by atoms with Gasteiger partial charge < -0.3 is 10.7 Å². The second-order valence-electron chi connectivity index (χ2n) is 2.47. The number of fused-ring (bicyclic) bond motifs is 1. The van der Waals surface area contributed by atoms with Gasteiger partial charge in [-0.3, -0.25) is 4.79 Å². The van der Waals surface area contributed by atoms with Crippen LogP contribution in [0.2, 0.25) is 0 Å². The number of hydrogen-bond donors (Lipinski definition) is 2. The average Bonchev–Trinajstić information content (AvgIpc) is 2.29. The van der Waals surface area contributed by atoms with E-state index in [9.17, 15) is 4.79 Å². The summed E-state index contributed by atoms with van der Waals surface area (Å²) in [5, 5.41) is 7.63. The lowest BCUT2D eigenvalue weighted by molar-refractivity contribution is 0.777. The number of aromatic nitrogens is 4. The van der Waals surface area contributed by atoms with Gasteiger partial charge in [0.25, 0.3) is 5.56 Å². The highest BCUT2D eigenvalue weighted by atomic mass is 16.1. The Kier molecular flexibility index (Phi) is 1.18. The van der Waals surface area contributed by atoms with Crippen molar-refractivity contribution < 1.29 is 0 Å². The summed E-state index contributed by atoms with van der Waals surface area (Å²) in [5.41, 5.74) is 6.32. The molecule has 6 nitrogen and oxygen atoms in total. The van der Waals surface area contributed by atoms with Crippen molar-refractivity contribution in [2.75, 3.05) is 5.73 Å². The van der Waals surface area contributed by atoms with Gasteiger partial charge in [-0.2, -0.15) is 0 Å². The number of anilines is 1. The molecule has 0 aromatic carbocycles. The summed E-state index contributed by atoms with van der Waals surface area (Å²) < 4.78 is 1.23. The summed E-state index contributed by atoms with van der Waals surface area (Å²) in [6, 6.07) is 0. The Morgan fingerprint density at radius 3 is 3.08 bits per heavy atom. The molecule has 12 heavy (non-hydrogen) atoms. The zero-order valence-electron chi connectivity index (χ0n) is 6.40. The van der Waals surface area contributed by atoms with Crippen LogP contribution < -0.4 is 11.3 Å². The van der Waals surface area contributed by atoms with Gasteiger partial charge in [-0.1, -0.05) is 0 Å². The SMILES string of the molecule is Cc1c(N)nn2nc[nH]c(=O)c12. The zero-order valence-corrected chi connectivity index (χ0v) is 6.40. The van der Waals surface area contributed by atoms with Crippen LogP contribution in [-0.4, -0.2) is 19.8 Å². The van der Waals surface area contributed by atoms with E-state index in [4.69, 9.17) is 5.73 Å². The van der Waals surface area contributed by atoms with Crippen molar-refractivity contribution in [2.24, 2.45) is 0 Å². The molecule has 0 radical (unpaired) electrons. The molecule has 0 bridgehead atoms. The Hall–Kier alpha value is -1.85. The number of nitrogen functional groups attached to an aromatic ring is 1. The van der Waals surface area contributed by atoms with E-state index < -0.39 is 0 Å². The molecular formula is C6H7N5O. The van der Waals surface area contributed by atoms with Crippen LogP contribution in [0.25, 0.3) is 5.52 Å². The number of nitrogens with one attached hydrogen (secondary N) is 1. The van der Waals surface area contributed by atoms with Gasteiger partial charge in [-0.25, -0.2) is 0 Å². The van der Waals surface area contributed by atoms with Crippen LogP contribution in [0.5, 0.6) is 0 Å². The molecule has 2 aromatic rings. The van der Waals surface area contributed by atoms with Crippen LogP contribution in [0.15, 0.2) is 11.1 Å². The molecule has 0 aliphatic rings. The summed E-state index contributed by atoms with van der Waals surface area (Å²) in [5.74, 6) is 0.333. The summed E-state index contributed by atoms with van der Waals surface area (Å²) in [6.45, 7) is 1.73. The molecule has 0 fully saturated rings. The minimum atomic E-state index is -0.230. The van der Waals surface area contributed by atoms with Gasteiger partial charge in [0.1, 0.15) is 6.33 Å². The van der Waals surface area contributed by atoms with Crippen molar-refractivity contribution in [3.8, 4) is 0 Å². The maximum atomic E-state index is 11.2. The van der Waals surface area contributed by atoms with E-state index in [2.05, 4.69) is 15.2 Å². The Labute approximate surface area is 67.0 Å². The number of nitrogens with two attached hydrogens (primary N) is 1. The van der Waals surface area contributed by atoms with Gasteiger partial charge in [0.05, 0.1) is 0 Å². The topological polar surface area (TPSA) is 89.1 Å². The number of aryl methyl sites for hydroxylation is 1. The number of hydrogen-bond acceptors (Lipinski definition) is 4. The first kappa shape index (κ1) is 6.84. The van der Waals surface area contributed by atoms with Crippen LogP contribution in [-0.2, 0) is 0 Å². The molecule has 0 amide bonds. The van der Waals surface area contributed by atoms with E-state index in [1.54, 1.807) is 6.92 Å². The van der Waals surface area contributed by atoms with Crippen LogP contribution in [0.3, 0.4) is 0 Å². The summed E-state index contributed by atoms with van der Waals surface area (Å²) in [6.07, 6.45) is 1.28. The first-order chi connectivity index (χ1) is 5.70. The molecule has 2 aromatic heterocycles. The number of aromatic amines is 1. The van der Waals surface area contributed by atoms with Crippen molar-refractivity contribution in [3.63, 3.8) is 0 Å². The third kappa shape index (κ3) is 0.714. The molecule has 0 aliphatic carbocycles. The minimum absolute atomic E-state index is 0.230. The first-order valence-corrected chi connectivity index (χ1v) is 3.39. The number of H-pyrrole nitrogens is 1. The van der Waals surface area contributed by atoms with Crippen LogP contribution >= 0.6 is 0 Å². The molecule has 0 aliphatic heterocycles. The van der Waals surface area contributed by atoms with Gasteiger partial charge in [0.2, 0.25) is 0 Å². The van der Waals surface area contributed by atoms with Gasteiger partial charge in [0.15, 0.2) is 11.3 Å². The second kappa shape index (κ2) is 2.07. The van der Waals surface area contributed by atoms with Crippen LogP contribution in [0.1, 0.15) is 5.56 Å². The van der Waals surface area contributed by atoms with Crippen molar-refractivity contribution in [2.45, 2.75) is 6.92 Å². The lowest BCUT2D eigenvalue weighted by Crippen LogP contribution is -2.11. The predicted molar refractivity (Wildman–Crippen MR) is 42.8 cm³/mol. The molecule has 2 rings (SSSR count). The maximum absolute atomic E-state index is 11.2. The quantitative estimate of drug-likeness (QED) is 0.540. The van der Waals surface area contributed by atoms with Crippen molar-refractivity contribution in [1.29, 1.82) is 0 Å². The molecule has 3 N–H and O–H groups in total. The third-order valence-electron chi connectivity index (χ3n) is 1.72. The van der Waals surface area contributed by atoms with E-state index in [-0.39, 0.29) is 5.56 Å². The molecule has 0 spiro atoms. The van der Waals surface area contributed by atoms with E-state index in [1.807, 2.05) is 0 Å². The number of nitrogens with zero attached hydrogens (tertiary/aromatic N) is 3. The number of rotatable bonds is 0. The summed E-state index contributed by atoms with van der Waals surface area (Å²) in [4.78, 5) is 13.6. The van der Waals surface area contributed by atoms with Gasteiger partial charge in [-0.15, -0.1) is 14.8 Å². The molecule has 0 saturated carbocycles.